The lowest BCUT2D eigenvalue weighted by molar-refractivity contribution is -0.122. The van der Waals surface area contributed by atoms with E-state index in [9.17, 15) is 9.59 Å². The van der Waals surface area contributed by atoms with Crippen LogP contribution in [0.3, 0.4) is 0 Å². The third kappa shape index (κ3) is 4.65. The van der Waals surface area contributed by atoms with Crippen LogP contribution in [0.4, 0.5) is 11.4 Å². The molecule has 134 valence electrons. The average molecular weight is 388 g/mol. The first-order valence-electron chi connectivity index (χ1n) is 8.09. The van der Waals surface area contributed by atoms with Gasteiger partial charge in [-0.3, -0.25) is 9.59 Å². The summed E-state index contributed by atoms with van der Waals surface area (Å²) in [7, 11) is 0. The number of thioether (sulfide) groups is 1. The quantitative estimate of drug-likeness (QED) is 0.825. The molecule has 1 aliphatic rings. The van der Waals surface area contributed by atoms with Gasteiger partial charge in [0.05, 0.1) is 5.69 Å². The predicted molar refractivity (Wildman–Crippen MR) is 107 cm³/mol. The maximum Gasteiger partial charge on any atom is 0.240 e. The van der Waals surface area contributed by atoms with Crippen molar-refractivity contribution >= 4 is 51.7 Å². The molecule has 0 saturated carbocycles. The van der Waals surface area contributed by atoms with Gasteiger partial charge in [-0.15, -0.1) is 0 Å². The molecule has 5 nitrogen and oxygen atoms in total. The Bertz CT molecular complexity index is 881. The standard InChI is InChI=1S/C19H18ClN3O2S/c1-11-3-6-15(9-12(11)2)21-17(24)10-16-18(25)23-19(26-16)22-14-7-4-13(20)5-8-14/h3-9,16H,10H2,1-2H3,(H,21,24)(H,22,23,25)/t16-/m1/s1. The van der Waals surface area contributed by atoms with Crippen molar-refractivity contribution in [2.24, 2.45) is 4.99 Å². The van der Waals surface area contributed by atoms with Gasteiger partial charge in [0.15, 0.2) is 5.17 Å². The van der Waals surface area contributed by atoms with Crippen molar-refractivity contribution in [3.63, 3.8) is 0 Å². The first kappa shape index (κ1) is 18.5. The van der Waals surface area contributed by atoms with Gasteiger partial charge in [0.2, 0.25) is 11.8 Å². The Kier molecular flexibility index (Phi) is 5.64. The molecule has 7 heteroatoms. The van der Waals surface area contributed by atoms with Gasteiger partial charge in [-0.25, -0.2) is 4.99 Å². The molecule has 1 heterocycles. The highest BCUT2D eigenvalue weighted by molar-refractivity contribution is 8.15. The predicted octanol–water partition coefficient (Wildman–Crippen LogP) is 4.20. The largest absolute Gasteiger partial charge is 0.326 e. The van der Waals surface area contributed by atoms with E-state index in [4.69, 9.17) is 11.6 Å². The number of amides is 2. The Balaban J connectivity index is 1.61. The van der Waals surface area contributed by atoms with Crippen molar-refractivity contribution in [1.82, 2.24) is 5.32 Å². The number of carbonyl (C=O) groups is 2. The third-order valence-electron chi connectivity index (χ3n) is 4.00. The van der Waals surface area contributed by atoms with E-state index < -0.39 is 5.25 Å². The fourth-order valence-corrected chi connectivity index (χ4v) is 3.54. The SMILES string of the molecule is Cc1ccc(NC(=O)C[C@H]2SC(=Nc3ccc(Cl)cc3)NC2=O)cc1C. The van der Waals surface area contributed by atoms with E-state index >= 15 is 0 Å². The number of anilines is 1. The molecule has 1 atom stereocenters. The summed E-state index contributed by atoms with van der Waals surface area (Å²) in [4.78, 5) is 28.7. The van der Waals surface area contributed by atoms with Crippen LogP contribution in [0, 0.1) is 13.8 Å². The summed E-state index contributed by atoms with van der Waals surface area (Å²) < 4.78 is 0. The molecule has 0 aliphatic carbocycles. The van der Waals surface area contributed by atoms with E-state index in [1.165, 1.54) is 11.8 Å². The number of amidine groups is 1. The maximum atomic E-state index is 12.3. The molecule has 0 spiro atoms. The number of hydrogen-bond donors (Lipinski definition) is 2. The minimum Gasteiger partial charge on any atom is -0.326 e. The number of rotatable bonds is 4. The number of benzene rings is 2. The highest BCUT2D eigenvalue weighted by Crippen LogP contribution is 2.26. The average Bonchev–Trinajstić information content (AvgIpc) is 2.92. The second kappa shape index (κ2) is 7.93. The van der Waals surface area contributed by atoms with Crippen LogP contribution in [0.5, 0.6) is 0 Å². The summed E-state index contributed by atoms with van der Waals surface area (Å²) in [6.45, 7) is 4.01. The second-order valence-corrected chi connectivity index (χ2v) is 7.67. The van der Waals surface area contributed by atoms with Gasteiger partial charge in [-0.05, 0) is 61.4 Å². The number of hydrogen-bond acceptors (Lipinski definition) is 4. The van der Waals surface area contributed by atoms with Gasteiger partial charge in [0.1, 0.15) is 5.25 Å². The molecule has 2 N–H and O–H groups in total. The van der Waals surface area contributed by atoms with E-state index in [0.29, 0.717) is 15.9 Å². The summed E-state index contributed by atoms with van der Waals surface area (Å²) in [5, 5.41) is 6.17. The van der Waals surface area contributed by atoms with Crippen LogP contribution in [0.2, 0.25) is 5.02 Å². The second-order valence-electron chi connectivity index (χ2n) is 6.04. The summed E-state index contributed by atoms with van der Waals surface area (Å²) >= 11 is 7.11. The summed E-state index contributed by atoms with van der Waals surface area (Å²) in [6, 6.07) is 12.7. The lowest BCUT2D eigenvalue weighted by atomic mass is 10.1. The van der Waals surface area contributed by atoms with Gasteiger partial charge in [-0.1, -0.05) is 29.4 Å². The van der Waals surface area contributed by atoms with E-state index in [2.05, 4.69) is 15.6 Å². The lowest BCUT2D eigenvalue weighted by Crippen LogP contribution is -2.28. The molecule has 1 fully saturated rings. The molecule has 0 radical (unpaired) electrons. The zero-order valence-corrected chi connectivity index (χ0v) is 15.9. The molecule has 26 heavy (non-hydrogen) atoms. The molecule has 1 saturated heterocycles. The first-order valence-corrected chi connectivity index (χ1v) is 9.35. The Morgan fingerprint density at radius 1 is 1.19 bits per heavy atom. The van der Waals surface area contributed by atoms with Gasteiger partial charge in [-0.2, -0.15) is 0 Å². The zero-order valence-electron chi connectivity index (χ0n) is 14.4. The Morgan fingerprint density at radius 3 is 2.62 bits per heavy atom. The number of nitrogens with zero attached hydrogens (tertiary/aromatic N) is 1. The Morgan fingerprint density at radius 2 is 1.92 bits per heavy atom. The van der Waals surface area contributed by atoms with Gasteiger partial charge >= 0.3 is 0 Å². The molecular weight excluding hydrogens is 370 g/mol. The van der Waals surface area contributed by atoms with Crippen LogP contribution < -0.4 is 10.6 Å². The highest BCUT2D eigenvalue weighted by atomic mass is 35.5. The molecule has 1 aliphatic heterocycles. The number of halogens is 1. The first-order chi connectivity index (χ1) is 12.4. The normalized spacial score (nSPS) is 18.0. The van der Waals surface area contributed by atoms with Gasteiger partial charge in [0.25, 0.3) is 0 Å². The molecule has 2 aromatic rings. The minimum atomic E-state index is -0.493. The van der Waals surface area contributed by atoms with Crippen molar-refractivity contribution in [3.05, 3.63) is 58.6 Å². The molecule has 0 aromatic heterocycles. The van der Waals surface area contributed by atoms with Gasteiger partial charge in [0, 0.05) is 17.1 Å². The fourth-order valence-electron chi connectivity index (χ4n) is 2.42. The van der Waals surface area contributed by atoms with E-state index in [1.54, 1.807) is 24.3 Å². The topological polar surface area (TPSA) is 70.6 Å². The minimum absolute atomic E-state index is 0.0864. The Labute approximate surface area is 161 Å². The van der Waals surface area contributed by atoms with Gasteiger partial charge < -0.3 is 10.6 Å². The van der Waals surface area contributed by atoms with Crippen molar-refractivity contribution < 1.29 is 9.59 Å². The van der Waals surface area contributed by atoms with Crippen LogP contribution in [-0.2, 0) is 9.59 Å². The van der Waals surface area contributed by atoms with Crippen molar-refractivity contribution in [2.75, 3.05) is 5.32 Å². The summed E-state index contributed by atoms with van der Waals surface area (Å²) in [5.74, 6) is -0.411. The third-order valence-corrected chi connectivity index (χ3v) is 5.33. The zero-order chi connectivity index (χ0) is 18.7. The molecule has 0 unspecified atom stereocenters. The number of aryl methyl sites for hydroxylation is 2. The van der Waals surface area contributed by atoms with Crippen molar-refractivity contribution in [3.8, 4) is 0 Å². The van der Waals surface area contributed by atoms with Crippen LogP contribution in [0.15, 0.2) is 47.5 Å². The van der Waals surface area contributed by atoms with Crippen LogP contribution in [-0.4, -0.2) is 22.2 Å². The number of aliphatic imine (C=N–C) groups is 1. The fraction of sp³-hybridized carbons (Fsp3) is 0.211. The molecular formula is C19H18ClN3O2S. The van der Waals surface area contributed by atoms with Crippen molar-refractivity contribution in [1.29, 1.82) is 0 Å². The number of nitrogens with one attached hydrogen (secondary N) is 2. The van der Waals surface area contributed by atoms with Crippen LogP contribution in [0.25, 0.3) is 0 Å². The molecule has 0 bridgehead atoms. The highest BCUT2D eigenvalue weighted by Gasteiger charge is 2.32. The van der Waals surface area contributed by atoms with E-state index in [1.807, 2.05) is 32.0 Å². The summed E-state index contributed by atoms with van der Waals surface area (Å²) in [6.07, 6.45) is 0.0864. The monoisotopic (exact) mass is 387 g/mol. The van der Waals surface area contributed by atoms with Crippen LogP contribution in [0.1, 0.15) is 17.5 Å². The molecule has 2 amide bonds. The number of carbonyl (C=O) groups excluding carboxylic acids is 2. The molecule has 2 aromatic carbocycles. The summed E-state index contributed by atoms with van der Waals surface area (Å²) in [5.41, 5.74) is 3.69. The van der Waals surface area contributed by atoms with E-state index in [-0.39, 0.29) is 18.2 Å². The lowest BCUT2D eigenvalue weighted by Gasteiger charge is -2.09. The molecule has 3 rings (SSSR count). The smallest absolute Gasteiger partial charge is 0.240 e. The van der Waals surface area contributed by atoms with E-state index in [0.717, 1.165) is 16.8 Å². The van der Waals surface area contributed by atoms with Crippen LogP contribution >= 0.6 is 23.4 Å². The van der Waals surface area contributed by atoms with Crippen molar-refractivity contribution in [2.45, 2.75) is 25.5 Å². The maximum absolute atomic E-state index is 12.3. The Hall–Kier alpha value is -2.31.